The monoisotopic (exact) mass is 581 g/mol. The summed E-state index contributed by atoms with van der Waals surface area (Å²) in [5.74, 6) is -3.52. The summed E-state index contributed by atoms with van der Waals surface area (Å²) >= 11 is 0. The molecule has 0 spiro atoms. The highest BCUT2D eigenvalue weighted by atomic mass is 31.2. The number of alkyl halides is 1. The van der Waals surface area contributed by atoms with Crippen LogP contribution < -0.4 is 15.3 Å². The maximum atomic E-state index is 16.0. The van der Waals surface area contributed by atoms with Crippen molar-refractivity contribution < 1.29 is 42.5 Å². The minimum absolute atomic E-state index is 0.0977. The zero-order valence-electron chi connectivity index (χ0n) is 22.4. The Morgan fingerprint density at radius 1 is 1.27 bits per heavy atom. The number of nitrogens with zero attached hydrogens (tertiary/aromatic N) is 3. The van der Waals surface area contributed by atoms with Gasteiger partial charge in [0, 0.05) is 0 Å². The highest BCUT2D eigenvalue weighted by Crippen LogP contribution is 2.49. The number of ether oxygens (including phenoxy) is 2. The van der Waals surface area contributed by atoms with E-state index in [1.54, 1.807) is 24.3 Å². The molecule has 1 aromatic carbocycles. The van der Waals surface area contributed by atoms with Crippen LogP contribution in [-0.4, -0.2) is 68.1 Å². The van der Waals surface area contributed by atoms with Crippen LogP contribution in [0.5, 0.6) is 5.75 Å². The summed E-state index contributed by atoms with van der Waals surface area (Å²) in [4.78, 5) is 16.4. The van der Waals surface area contributed by atoms with E-state index in [-0.39, 0.29) is 29.3 Å². The van der Waals surface area contributed by atoms with Gasteiger partial charge in [0.1, 0.15) is 48.6 Å². The summed E-state index contributed by atoms with van der Waals surface area (Å²) in [5.41, 5.74) is 6.10. The van der Waals surface area contributed by atoms with E-state index in [1.807, 2.05) is 20.8 Å². The van der Waals surface area contributed by atoms with Crippen LogP contribution in [0, 0.1) is 5.41 Å². The quantitative estimate of drug-likeness (QED) is 0.203. The van der Waals surface area contributed by atoms with Crippen LogP contribution in [0.1, 0.15) is 39.5 Å². The molecule has 0 radical (unpaired) electrons. The first-order valence-corrected chi connectivity index (χ1v) is 14.0. The van der Waals surface area contributed by atoms with Gasteiger partial charge in [-0.1, -0.05) is 39.0 Å². The first-order chi connectivity index (χ1) is 18.7. The Labute approximate surface area is 230 Å². The molecule has 4 rings (SSSR count). The number of nitrogens with one attached hydrogen (secondary N) is 1. The van der Waals surface area contributed by atoms with E-state index >= 15 is 4.39 Å². The van der Waals surface area contributed by atoms with Crippen molar-refractivity contribution in [1.29, 1.82) is 0 Å². The molecule has 0 amide bonds. The highest BCUT2D eigenvalue weighted by molar-refractivity contribution is 7.52. The second-order valence-corrected chi connectivity index (χ2v) is 12.3. The number of aliphatic hydroxyl groups excluding tert-OH is 2. The van der Waals surface area contributed by atoms with Gasteiger partial charge in [0.05, 0.1) is 12.3 Å². The Bertz CT molecular complexity index is 1390. The minimum Gasteiger partial charge on any atom is -0.464 e. The summed E-state index contributed by atoms with van der Waals surface area (Å²) in [5, 5.41) is 27.8. The lowest BCUT2D eigenvalue weighted by Crippen LogP contribution is -2.44. The van der Waals surface area contributed by atoms with Gasteiger partial charge in [-0.05, 0) is 36.6 Å². The number of nitrogens with two attached hydrogens (primary N) is 1. The molecule has 40 heavy (non-hydrogen) atoms. The molecule has 13 nitrogen and oxygen atoms in total. The smallest absolute Gasteiger partial charge is 0.459 e. The van der Waals surface area contributed by atoms with Gasteiger partial charge in [-0.25, -0.2) is 18.5 Å². The normalized spacial score (nSPS) is 25.4. The van der Waals surface area contributed by atoms with Gasteiger partial charge in [-0.2, -0.15) is 10.2 Å². The number of carbonyl (C=O) groups is 1. The zero-order chi connectivity index (χ0) is 29.3. The predicted octanol–water partition coefficient (Wildman–Crippen LogP) is 2.54. The second kappa shape index (κ2) is 11.4. The number of aromatic nitrogens is 3. The van der Waals surface area contributed by atoms with Gasteiger partial charge < -0.3 is 29.9 Å². The lowest BCUT2D eigenvalue weighted by Gasteiger charge is -2.28. The van der Waals surface area contributed by atoms with Gasteiger partial charge >= 0.3 is 13.7 Å². The topological polar surface area (TPSA) is 180 Å². The number of anilines is 1. The van der Waals surface area contributed by atoms with E-state index in [2.05, 4.69) is 15.2 Å². The van der Waals surface area contributed by atoms with Crippen LogP contribution in [0.3, 0.4) is 0 Å². The van der Waals surface area contributed by atoms with Crippen molar-refractivity contribution in [1.82, 2.24) is 19.7 Å². The van der Waals surface area contributed by atoms with Crippen LogP contribution >= 0.6 is 7.75 Å². The number of benzene rings is 1. The number of esters is 1. The number of hydrogen-bond acceptors (Lipinski definition) is 11. The molecule has 6 atom stereocenters. The lowest BCUT2D eigenvalue weighted by molar-refractivity contribution is -0.193. The van der Waals surface area contributed by atoms with Gasteiger partial charge in [0.15, 0.2) is 5.82 Å². The summed E-state index contributed by atoms with van der Waals surface area (Å²) < 4.78 is 52.6. The number of carbonyl (C=O) groups excluding carboxylic acids is 1. The van der Waals surface area contributed by atoms with E-state index in [0.717, 1.165) is 0 Å². The van der Waals surface area contributed by atoms with Crippen LogP contribution in [0.25, 0.3) is 5.52 Å². The van der Waals surface area contributed by atoms with Crippen molar-refractivity contribution in [3.63, 3.8) is 0 Å². The standard InChI is InChI=1S/C25H33FN5O8P/c1-15(23(34)36-12-24(2,3)4)30-40(35,39-16-8-6-5-7-9-16)37-13-25(26)21(33)19(32)20(38-25)17-10-11-18-22(27)28-14-29-31(17)18/h5-11,14-15,19-21,32-33H,12-13H2,1-4H3,(H,30,35)(H2,27,28,29)/t15-,19-,20-,21-,25+,40?/m0/s1. The third-order valence-electron chi connectivity index (χ3n) is 5.95. The molecular weight excluding hydrogens is 548 g/mol. The number of halogens is 1. The summed E-state index contributed by atoms with van der Waals surface area (Å²) in [6.45, 7) is 5.96. The second-order valence-electron chi connectivity index (χ2n) is 10.7. The van der Waals surface area contributed by atoms with Crippen molar-refractivity contribution in [2.24, 2.45) is 5.41 Å². The van der Waals surface area contributed by atoms with Gasteiger partial charge in [0.2, 0.25) is 0 Å². The predicted molar refractivity (Wildman–Crippen MR) is 141 cm³/mol. The molecule has 2 aromatic heterocycles. The first kappa shape index (κ1) is 29.8. The molecule has 3 aromatic rings. The van der Waals surface area contributed by atoms with E-state index in [4.69, 9.17) is 24.3 Å². The Balaban J connectivity index is 1.53. The fraction of sp³-hybridized carbons (Fsp3) is 0.480. The van der Waals surface area contributed by atoms with Crippen molar-refractivity contribution >= 4 is 25.1 Å². The molecule has 1 unspecified atom stereocenters. The molecule has 0 aliphatic carbocycles. The van der Waals surface area contributed by atoms with Crippen LogP contribution in [0.4, 0.5) is 10.2 Å². The third-order valence-corrected chi connectivity index (χ3v) is 7.58. The Kier molecular flexibility index (Phi) is 8.50. The molecule has 1 aliphatic rings. The van der Waals surface area contributed by atoms with Crippen molar-refractivity contribution in [3.8, 4) is 5.75 Å². The minimum atomic E-state index is -4.49. The van der Waals surface area contributed by atoms with Gasteiger partial charge in [-0.15, -0.1) is 0 Å². The molecular formula is C25H33FN5O8P. The number of para-hydroxylation sites is 1. The van der Waals surface area contributed by atoms with Crippen molar-refractivity contribution in [3.05, 3.63) is 54.5 Å². The SMILES string of the molecule is C[C@H](NP(=O)(OC[C@@]1(F)O[C@@H](c2ccc3c(N)ncnn23)[C@H](O)[C@@H]1O)Oc1ccccc1)C(=O)OCC(C)(C)C. The van der Waals surface area contributed by atoms with E-state index in [0.29, 0.717) is 5.52 Å². The summed E-state index contributed by atoms with van der Waals surface area (Å²) in [7, 11) is -4.49. The summed E-state index contributed by atoms with van der Waals surface area (Å²) in [6.07, 6.45) is -4.08. The molecule has 1 aliphatic heterocycles. The Morgan fingerprint density at radius 2 is 1.98 bits per heavy atom. The molecule has 0 saturated carbocycles. The fourth-order valence-electron chi connectivity index (χ4n) is 3.90. The largest absolute Gasteiger partial charge is 0.464 e. The maximum absolute atomic E-state index is 16.0. The average Bonchev–Trinajstić information content (AvgIpc) is 3.42. The number of nitrogen functional groups attached to an aromatic ring is 1. The van der Waals surface area contributed by atoms with E-state index in [1.165, 1.54) is 36.0 Å². The average molecular weight is 582 g/mol. The number of rotatable bonds is 10. The maximum Gasteiger partial charge on any atom is 0.459 e. The van der Waals surface area contributed by atoms with Gasteiger partial charge in [0.25, 0.3) is 5.85 Å². The molecule has 5 N–H and O–H groups in total. The number of hydrogen-bond donors (Lipinski definition) is 4. The Morgan fingerprint density at radius 3 is 2.65 bits per heavy atom. The Hall–Kier alpha value is -3.13. The van der Waals surface area contributed by atoms with Crippen LogP contribution in [-0.2, 0) is 23.4 Å². The van der Waals surface area contributed by atoms with E-state index in [9.17, 15) is 19.6 Å². The number of fused-ring (bicyclic) bond motifs is 1. The molecule has 3 heterocycles. The molecule has 218 valence electrons. The van der Waals surface area contributed by atoms with Crippen molar-refractivity contribution in [2.45, 2.75) is 57.9 Å². The zero-order valence-corrected chi connectivity index (χ0v) is 23.3. The fourth-order valence-corrected chi connectivity index (χ4v) is 5.40. The first-order valence-electron chi connectivity index (χ1n) is 12.5. The molecule has 15 heteroatoms. The molecule has 0 bridgehead atoms. The van der Waals surface area contributed by atoms with Crippen molar-refractivity contribution in [2.75, 3.05) is 18.9 Å². The molecule has 1 saturated heterocycles. The highest BCUT2D eigenvalue weighted by Gasteiger charge is 2.57. The molecule has 1 fully saturated rings. The lowest BCUT2D eigenvalue weighted by atomic mass is 9.99. The summed E-state index contributed by atoms with van der Waals surface area (Å²) in [6, 6.07) is 9.74. The van der Waals surface area contributed by atoms with Crippen LogP contribution in [0.15, 0.2) is 48.8 Å². The van der Waals surface area contributed by atoms with E-state index < -0.39 is 50.5 Å². The third kappa shape index (κ3) is 6.60. The number of aliphatic hydroxyl groups is 2. The van der Waals surface area contributed by atoms with Gasteiger partial charge in [-0.3, -0.25) is 9.32 Å². The van der Waals surface area contributed by atoms with Crippen LogP contribution in [0.2, 0.25) is 0 Å².